The molecule has 0 aliphatic heterocycles. The molecule has 0 saturated heterocycles. The first-order valence-electron chi connectivity index (χ1n) is 26.6. The molecule has 0 aliphatic carbocycles. The van der Waals surface area contributed by atoms with E-state index in [1.165, 1.54) is 205 Å². The summed E-state index contributed by atoms with van der Waals surface area (Å²) in [7, 11) is 1.58. The van der Waals surface area contributed by atoms with Gasteiger partial charge in [0.05, 0.1) is 39.9 Å². The summed E-state index contributed by atoms with van der Waals surface area (Å²) in [6.07, 6.45) is 53.1. The first kappa shape index (κ1) is 60.2. The van der Waals surface area contributed by atoms with Crippen molar-refractivity contribution in [3.05, 3.63) is 12.2 Å². The molecule has 0 heterocycles. The number of unbranched alkanes of at least 4 members (excludes halogenated alkanes) is 36. The largest absolute Gasteiger partial charge is 0.472 e. The third kappa shape index (κ3) is 47.0. The molecular formula is C52H106N2O6P+. The highest BCUT2D eigenvalue weighted by Crippen LogP contribution is 2.43. The van der Waals surface area contributed by atoms with E-state index in [0.717, 1.165) is 38.5 Å². The van der Waals surface area contributed by atoms with Gasteiger partial charge >= 0.3 is 7.82 Å². The Morgan fingerprint density at radius 1 is 0.541 bits per heavy atom. The molecule has 0 saturated carbocycles. The van der Waals surface area contributed by atoms with Gasteiger partial charge in [0.2, 0.25) is 5.91 Å². The fraction of sp³-hybridized carbons (Fsp3) is 0.942. The molecule has 0 aromatic rings. The van der Waals surface area contributed by atoms with E-state index in [9.17, 15) is 19.4 Å². The predicted octanol–water partition coefficient (Wildman–Crippen LogP) is 15.5. The summed E-state index contributed by atoms with van der Waals surface area (Å²) in [5.74, 6) is -0.172. The van der Waals surface area contributed by atoms with Gasteiger partial charge in [-0.15, -0.1) is 0 Å². The van der Waals surface area contributed by atoms with Gasteiger partial charge in [-0.2, -0.15) is 0 Å². The number of aliphatic hydroxyl groups is 1. The molecule has 0 aromatic heterocycles. The second kappa shape index (κ2) is 44.4. The van der Waals surface area contributed by atoms with Crippen LogP contribution in [0, 0.1) is 0 Å². The van der Waals surface area contributed by atoms with Crippen molar-refractivity contribution in [2.45, 2.75) is 276 Å². The average molecular weight is 886 g/mol. The van der Waals surface area contributed by atoms with Crippen LogP contribution in [0.2, 0.25) is 0 Å². The Labute approximate surface area is 380 Å². The number of hydrogen-bond donors (Lipinski definition) is 3. The zero-order chi connectivity index (χ0) is 45.0. The lowest BCUT2D eigenvalue weighted by atomic mass is 10.0. The first-order chi connectivity index (χ1) is 29.5. The Balaban J connectivity index is 4.07. The number of carbonyl (C=O) groups is 1. The normalized spacial score (nSPS) is 14.1. The van der Waals surface area contributed by atoms with Gasteiger partial charge in [-0.25, -0.2) is 4.57 Å². The highest BCUT2D eigenvalue weighted by molar-refractivity contribution is 7.47. The molecule has 3 unspecified atom stereocenters. The number of aliphatic hydroxyl groups excluding tert-OH is 1. The van der Waals surface area contributed by atoms with E-state index in [2.05, 4.69) is 19.2 Å². The minimum absolute atomic E-state index is 0.0647. The van der Waals surface area contributed by atoms with Gasteiger partial charge < -0.3 is 19.8 Å². The van der Waals surface area contributed by atoms with Gasteiger partial charge in [0, 0.05) is 6.42 Å². The predicted molar refractivity (Wildman–Crippen MR) is 263 cm³/mol. The number of phosphoric ester groups is 1. The molecule has 0 bridgehead atoms. The van der Waals surface area contributed by atoms with Crippen molar-refractivity contribution in [2.24, 2.45) is 0 Å². The van der Waals surface area contributed by atoms with E-state index in [4.69, 9.17) is 9.05 Å². The Bertz CT molecular complexity index is 1000. The Morgan fingerprint density at radius 2 is 0.869 bits per heavy atom. The van der Waals surface area contributed by atoms with Crippen LogP contribution in [0.4, 0.5) is 0 Å². The number of allylic oxidation sites excluding steroid dienone is 1. The van der Waals surface area contributed by atoms with Gasteiger partial charge in [0.25, 0.3) is 0 Å². The monoisotopic (exact) mass is 886 g/mol. The van der Waals surface area contributed by atoms with Crippen molar-refractivity contribution in [1.82, 2.24) is 5.32 Å². The molecular weight excluding hydrogens is 780 g/mol. The molecule has 0 fully saturated rings. The Morgan fingerprint density at radius 3 is 1.21 bits per heavy atom. The van der Waals surface area contributed by atoms with Crippen LogP contribution in [0.25, 0.3) is 0 Å². The summed E-state index contributed by atoms with van der Waals surface area (Å²) in [6.45, 7) is 4.84. The Kier molecular flexibility index (Phi) is 43.9. The number of amides is 1. The van der Waals surface area contributed by atoms with Crippen molar-refractivity contribution >= 4 is 13.7 Å². The van der Waals surface area contributed by atoms with Gasteiger partial charge in [-0.1, -0.05) is 251 Å². The number of rotatable bonds is 49. The molecule has 0 rings (SSSR count). The fourth-order valence-corrected chi connectivity index (χ4v) is 8.78. The van der Waals surface area contributed by atoms with Gasteiger partial charge in [0.1, 0.15) is 13.2 Å². The second-order valence-corrected chi connectivity index (χ2v) is 21.1. The maximum absolute atomic E-state index is 12.9. The van der Waals surface area contributed by atoms with Crippen LogP contribution < -0.4 is 5.32 Å². The summed E-state index contributed by atoms with van der Waals surface area (Å²) >= 11 is 0. The molecule has 364 valence electrons. The highest BCUT2D eigenvalue weighted by Gasteiger charge is 2.27. The van der Waals surface area contributed by atoms with Gasteiger partial charge in [-0.05, 0) is 19.3 Å². The molecule has 0 aliphatic rings. The fourth-order valence-electron chi connectivity index (χ4n) is 8.04. The van der Waals surface area contributed by atoms with Crippen molar-refractivity contribution < 1.29 is 32.9 Å². The minimum Gasteiger partial charge on any atom is -0.387 e. The smallest absolute Gasteiger partial charge is 0.387 e. The van der Waals surface area contributed by atoms with Gasteiger partial charge in [0.15, 0.2) is 0 Å². The number of carbonyl (C=O) groups excluding carboxylic acids is 1. The maximum Gasteiger partial charge on any atom is 0.472 e. The van der Waals surface area contributed by atoms with Crippen LogP contribution >= 0.6 is 7.82 Å². The highest BCUT2D eigenvalue weighted by atomic mass is 31.2. The summed E-state index contributed by atoms with van der Waals surface area (Å²) in [5, 5.41) is 13.9. The molecule has 1 amide bonds. The zero-order valence-corrected chi connectivity index (χ0v) is 42.3. The molecule has 8 nitrogen and oxygen atoms in total. The second-order valence-electron chi connectivity index (χ2n) is 19.6. The minimum atomic E-state index is -4.33. The van der Waals surface area contributed by atoms with Crippen molar-refractivity contribution in [2.75, 3.05) is 40.9 Å². The summed E-state index contributed by atoms with van der Waals surface area (Å²) in [4.78, 5) is 23.2. The lowest BCUT2D eigenvalue weighted by Crippen LogP contribution is -2.45. The van der Waals surface area contributed by atoms with Crippen LogP contribution in [0.1, 0.15) is 264 Å². The van der Waals surface area contributed by atoms with E-state index < -0.39 is 20.0 Å². The molecule has 9 heteroatoms. The SMILES string of the molecule is CCCCCCCCCCCC/C=C/C(O)C(COP(=O)(O)OCC[N+](C)(C)C)NC(=O)CCCCCCCCCCCCCCCCCCCCCCCCCCCCC. The van der Waals surface area contributed by atoms with E-state index >= 15 is 0 Å². The Hall–Kier alpha value is -0.760. The lowest BCUT2D eigenvalue weighted by Gasteiger charge is -2.25. The number of hydrogen-bond acceptors (Lipinski definition) is 5. The van der Waals surface area contributed by atoms with Crippen molar-refractivity contribution in [3.8, 4) is 0 Å². The van der Waals surface area contributed by atoms with Crippen molar-refractivity contribution in [3.63, 3.8) is 0 Å². The van der Waals surface area contributed by atoms with Crippen LogP contribution in [0.15, 0.2) is 12.2 Å². The van der Waals surface area contributed by atoms with Crippen molar-refractivity contribution in [1.29, 1.82) is 0 Å². The molecule has 0 spiro atoms. The van der Waals surface area contributed by atoms with Crippen LogP contribution in [0.5, 0.6) is 0 Å². The standard InChI is InChI=1S/C52H105N2O6P/c1-6-8-10-12-14-16-18-20-21-22-23-24-25-26-27-28-29-30-31-32-33-34-36-38-40-42-44-46-52(56)53-50(49-60-61(57,58)59-48-47-54(3,4)5)51(55)45-43-41-39-37-35-19-17-15-13-11-9-7-2/h43,45,50-51,55H,6-42,44,46-49H2,1-5H3,(H-,53,56,57,58)/p+1/b45-43+. The number of nitrogens with zero attached hydrogens (tertiary/aromatic N) is 1. The van der Waals surface area contributed by atoms with Crippen LogP contribution in [0.3, 0.4) is 0 Å². The molecule has 3 atom stereocenters. The first-order valence-corrected chi connectivity index (χ1v) is 28.1. The van der Waals surface area contributed by atoms with Crippen LogP contribution in [-0.2, 0) is 18.4 Å². The van der Waals surface area contributed by atoms with E-state index in [1.807, 2.05) is 27.2 Å². The van der Waals surface area contributed by atoms with Gasteiger partial charge in [-0.3, -0.25) is 13.8 Å². The van der Waals surface area contributed by atoms with E-state index in [1.54, 1.807) is 6.08 Å². The maximum atomic E-state index is 12.9. The summed E-state index contributed by atoms with van der Waals surface area (Å²) in [6, 6.07) is -0.840. The lowest BCUT2D eigenvalue weighted by molar-refractivity contribution is -0.870. The average Bonchev–Trinajstić information content (AvgIpc) is 3.21. The number of likely N-dealkylation sites (N-methyl/N-ethyl adjacent to an activating group) is 1. The summed E-state index contributed by atoms with van der Waals surface area (Å²) in [5.41, 5.74) is 0. The third-order valence-corrected chi connectivity index (χ3v) is 13.2. The number of phosphoric acid groups is 1. The van der Waals surface area contributed by atoms with E-state index in [0.29, 0.717) is 17.4 Å². The number of quaternary nitrogens is 1. The summed E-state index contributed by atoms with van der Waals surface area (Å²) < 4.78 is 23.6. The quantitative estimate of drug-likeness (QED) is 0.0243. The zero-order valence-electron chi connectivity index (χ0n) is 41.4. The molecule has 61 heavy (non-hydrogen) atoms. The number of nitrogens with one attached hydrogen (secondary N) is 1. The molecule has 0 radical (unpaired) electrons. The third-order valence-electron chi connectivity index (χ3n) is 12.3. The van der Waals surface area contributed by atoms with Crippen LogP contribution in [-0.4, -0.2) is 73.4 Å². The molecule has 0 aromatic carbocycles. The molecule has 3 N–H and O–H groups in total. The van der Waals surface area contributed by atoms with E-state index in [-0.39, 0.29) is 19.1 Å². The topological polar surface area (TPSA) is 105 Å².